The predicted molar refractivity (Wildman–Crippen MR) is 154 cm³/mol. The first-order valence-electron chi connectivity index (χ1n) is 14.0. The summed E-state index contributed by atoms with van der Waals surface area (Å²) in [5.74, 6) is -0.778. The van der Waals surface area contributed by atoms with E-state index < -0.39 is 5.97 Å². The summed E-state index contributed by atoms with van der Waals surface area (Å²) in [4.78, 5) is 33.4. The molecular weight excluding hydrogens is 532 g/mol. The lowest BCUT2D eigenvalue weighted by Gasteiger charge is -2.37. The van der Waals surface area contributed by atoms with Crippen molar-refractivity contribution in [3.8, 4) is 0 Å². The number of aliphatic carboxylic acids is 1. The number of likely N-dealkylation sites (tertiary alicyclic amines) is 1. The Labute approximate surface area is 239 Å². The Kier molecular flexibility index (Phi) is 8.93. The number of amides is 1. The van der Waals surface area contributed by atoms with Crippen molar-refractivity contribution in [1.29, 1.82) is 0 Å². The number of hydrogen-bond donors (Lipinski definition) is 2. The van der Waals surface area contributed by atoms with Gasteiger partial charge in [0.25, 0.3) is 6.01 Å². The molecule has 1 aromatic heterocycles. The smallest absolute Gasteiger partial charge is 0.306 e. The monoisotopic (exact) mass is 568 g/mol. The third-order valence-electron chi connectivity index (χ3n) is 7.97. The quantitative estimate of drug-likeness (QED) is 0.343. The second kappa shape index (κ2) is 12.6. The third-order valence-corrected chi connectivity index (χ3v) is 8.22. The lowest BCUT2D eigenvalue weighted by Crippen LogP contribution is -2.43. The van der Waals surface area contributed by atoms with E-state index in [9.17, 15) is 14.7 Å². The molecule has 40 heavy (non-hydrogen) atoms. The van der Waals surface area contributed by atoms with Gasteiger partial charge in [-0.25, -0.2) is 0 Å². The maximum Gasteiger partial charge on any atom is 0.306 e. The van der Waals surface area contributed by atoms with Gasteiger partial charge >= 0.3 is 5.97 Å². The van der Waals surface area contributed by atoms with Crippen molar-refractivity contribution >= 4 is 46.3 Å². The van der Waals surface area contributed by atoms with Crippen LogP contribution in [0.15, 0.2) is 46.9 Å². The molecule has 2 aliphatic rings. The van der Waals surface area contributed by atoms with Crippen LogP contribution in [0.2, 0.25) is 5.02 Å². The van der Waals surface area contributed by atoms with E-state index in [1.165, 1.54) is 0 Å². The van der Waals surface area contributed by atoms with E-state index in [1.54, 1.807) is 12.1 Å². The minimum absolute atomic E-state index is 0.0140. The molecule has 0 radical (unpaired) electrons. The SMILES string of the molecule is CN(C)CC1CC(C(=O)O)CCC1OCC1CCCN1C(=O)Cc1ccc2nc(Nc3ccc(Cl)cc3)oc2c1. The summed E-state index contributed by atoms with van der Waals surface area (Å²) in [7, 11) is 4.01. The van der Waals surface area contributed by atoms with E-state index >= 15 is 0 Å². The van der Waals surface area contributed by atoms with Crippen LogP contribution in [0.4, 0.5) is 11.7 Å². The summed E-state index contributed by atoms with van der Waals surface area (Å²) in [6.45, 7) is 2.00. The Morgan fingerprint density at radius 1 is 1.18 bits per heavy atom. The van der Waals surface area contributed by atoms with Gasteiger partial charge in [0.15, 0.2) is 5.58 Å². The number of carbonyl (C=O) groups excluding carboxylic acids is 1. The number of benzene rings is 2. The highest BCUT2D eigenvalue weighted by Gasteiger charge is 2.36. The van der Waals surface area contributed by atoms with Crippen LogP contribution >= 0.6 is 11.6 Å². The molecule has 1 amide bonds. The largest absolute Gasteiger partial charge is 0.481 e. The van der Waals surface area contributed by atoms with E-state index in [2.05, 4.69) is 15.2 Å². The van der Waals surface area contributed by atoms with Crippen LogP contribution in [0, 0.1) is 11.8 Å². The molecule has 3 aromatic rings. The number of nitrogens with zero attached hydrogens (tertiary/aromatic N) is 3. The highest BCUT2D eigenvalue weighted by molar-refractivity contribution is 6.30. The summed E-state index contributed by atoms with van der Waals surface area (Å²) in [5, 5.41) is 13.3. The van der Waals surface area contributed by atoms with Crippen LogP contribution in [0.5, 0.6) is 0 Å². The molecule has 0 spiro atoms. The highest BCUT2D eigenvalue weighted by atomic mass is 35.5. The van der Waals surface area contributed by atoms with Crippen LogP contribution in [-0.2, 0) is 20.7 Å². The molecule has 2 aromatic carbocycles. The average molecular weight is 569 g/mol. The van der Waals surface area contributed by atoms with E-state index in [4.69, 9.17) is 20.8 Å². The first kappa shape index (κ1) is 28.4. The van der Waals surface area contributed by atoms with Crippen LogP contribution in [0.3, 0.4) is 0 Å². The number of ether oxygens (including phenoxy) is 1. The maximum absolute atomic E-state index is 13.3. The number of nitrogens with one attached hydrogen (secondary N) is 1. The van der Waals surface area contributed by atoms with Gasteiger partial charge in [0.1, 0.15) is 5.52 Å². The Hall–Kier alpha value is -3.14. The van der Waals surface area contributed by atoms with Crippen molar-refractivity contribution in [3.63, 3.8) is 0 Å². The summed E-state index contributed by atoms with van der Waals surface area (Å²) >= 11 is 5.96. The second-order valence-corrected chi connectivity index (χ2v) is 11.7. The molecule has 2 heterocycles. The van der Waals surface area contributed by atoms with Gasteiger partial charge in [-0.1, -0.05) is 17.7 Å². The molecule has 0 bridgehead atoms. The van der Waals surface area contributed by atoms with Crippen molar-refractivity contribution in [2.45, 2.75) is 50.7 Å². The number of carbonyl (C=O) groups is 2. The van der Waals surface area contributed by atoms with Crippen LogP contribution in [0.1, 0.15) is 37.7 Å². The standard InChI is InChI=1S/C30H37ClN4O5/c1-34(2)17-21-16-20(29(37)38)6-12-26(21)39-18-24-4-3-13-35(24)28(36)15-19-5-11-25-27(14-19)40-30(33-25)32-23-9-7-22(31)8-10-23/h5,7-11,14,20-21,24,26H,3-4,6,12-13,15-18H2,1-2H3,(H,32,33)(H,37,38). The van der Waals surface area contributed by atoms with Gasteiger partial charge < -0.3 is 29.4 Å². The molecule has 2 fully saturated rings. The molecule has 1 aliphatic heterocycles. The van der Waals surface area contributed by atoms with Gasteiger partial charge in [0, 0.05) is 23.8 Å². The van der Waals surface area contributed by atoms with E-state index in [0.29, 0.717) is 41.6 Å². The summed E-state index contributed by atoms with van der Waals surface area (Å²) in [6.07, 6.45) is 4.16. The Balaban J connectivity index is 1.18. The molecule has 1 aliphatic carbocycles. The molecular formula is C30H37ClN4O5. The van der Waals surface area contributed by atoms with Crippen LogP contribution in [-0.4, -0.2) is 77.7 Å². The number of hydrogen-bond acceptors (Lipinski definition) is 7. The Bertz CT molecular complexity index is 1330. The van der Waals surface area contributed by atoms with Gasteiger partial charge in [0.05, 0.1) is 31.1 Å². The minimum atomic E-state index is -0.715. The number of oxazole rings is 1. The van der Waals surface area contributed by atoms with Crippen molar-refractivity contribution < 1.29 is 23.8 Å². The summed E-state index contributed by atoms with van der Waals surface area (Å²) in [5.41, 5.74) is 3.02. The molecule has 2 N–H and O–H groups in total. The van der Waals surface area contributed by atoms with E-state index in [0.717, 1.165) is 43.6 Å². The Morgan fingerprint density at radius 2 is 1.98 bits per heavy atom. The number of anilines is 2. The zero-order chi connectivity index (χ0) is 28.2. The normalized spacial score (nSPS) is 23.1. The third kappa shape index (κ3) is 6.95. The highest BCUT2D eigenvalue weighted by Crippen LogP contribution is 2.33. The van der Waals surface area contributed by atoms with Gasteiger partial charge in [-0.15, -0.1) is 0 Å². The fourth-order valence-corrected chi connectivity index (χ4v) is 6.10. The first-order chi connectivity index (χ1) is 19.2. The van der Waals surface area contributed by atoms with Gasteiger partial charge in [-0.2, -0.15) is 4.98 Å². The van der Waals surface area contributed by atoms with Crippen LogP contribution < -0.4 is 5.32 Å². The van der Waals surface area contributed by atoms with Crippen molar-refractivity contribution in [2.75, 3.05) is 39.1 Å². The van der Waals surface area contributed by atoms with E-state index in [-0.39, 0.29) is 36.3 Å². The van der Waals surface area contributed by atoms with Gasteiger partial charge in [-0.05, 0) is 94.1 Å². The molecule has 9 nitrogen and oxygen atoms in total. The maximum atomic E-state index is 13.3. The second-order valence-electron chi connectivity index (χ2n) is 11.3. The number of fused-ring (bicyclic) bond motifs is 1. The molecule has 4 atom stereocenters. The van der Waals surface area contributed by atoms with Crippen molar-refractivity contribution in [2.24, 2.45) is 11.8 Å². The number of rotatable bonds is 10. The summed E-state index contributed by atoms with van der Waals surface area (Å²) < 4.78 is 12.3. The molecule has 214 valence electrons. The summed E-state index contributed by atoms with van der Waals surface area (Å²) in [6, 6.07) is 13.4. The number of carboxylic acids is 1. The zero-order valence-electron chi connectivity index (χ0n) is 23.0. The van der Waals surface area contributed by atoms with Gasteiger partial charge in [0.2, 0.25) is 5.91 Å². The van der Waals surface area contributed by atoms with Crippen LogP contribution in [0.25, 0.3) is 11.1 Å². The van der Waals surface area contributed by atoms with Crippen molar-refractivity contribution in [1.82, 2.24) is 14.8 Å². The van der Waals surface area contributed by atoms with E-state index in [1.807, 2.05) is 49.3 Å². The molecule has 1 saturated carbocycles. The first-order valence-corrected chi connectivity index (χ1v) is 14.3. The Morgan fingerprint density at radius 3 is 2.73 bits per heavy atom. The fourth-order valence-electron chi connectivity index (χ4n) is 5.98. The lowest BCUT2D eigenvalue weighted by molar-refractivity contribution is -0.146. The number of aromatic nitrogens is 1. The fraction of sp³-hybridized carbons (Fsp3) is 0.500. The number of carboxylic acid groups (broad SMARTS) is 1. The predicted octanol–water partition coefficient (Wildman–Crippen LogP) is 5.21. The number of halogens is 1. The molecule has 10 heteroatoms. The molecule has 4 unspecified atom stereocenters. The van der Waals surface area contributed by atoms with Gasteiger partial charge in [-0.3, -0.25) is 9.59 Å². The minimum Gasteiger partial charge on any atom is -0.481 e. The average Bonchev–Trinajstić information content (AvgIpc) is 3.55. The molecule has 1 saturated heterocycles. The van der Waals surface area contributed by atoms with Crippen molar-refractivity contribution in [3.05, 3.63) is 53.1 Å². The lowest BCUT2D eigenvalue weighted by atomic mass is 9.79. The topological polar surface area (TPSA) is 108 Å². The molecule has 5 rings (SSSR count). The zero-order valence-corrected chi connectivity index (χ0v) is 23.8.